The number of carbonyl (C=O) groups is 2. The molecule has 0 fully saturated rings. The fourth-order valence-electron chi connectivity index (χ4n) is 3.17. The Bertz CT molecular complexity index is 1290. The molecule has 0 bridgehead atoms. The predicted octanol–water partition coefficient (Wildman–Crippen LogP) is 5.98. The van der Waals surface area contributed by atoms with Gasteiger partial charge in [0.2, 0.25) is 11.7 Å². The second-order valence-corrected chi connectivity index (χ2v) is 7.12. The zero-order valence-electron chi connectivity index (χ0n) is 16.6. The van der Waals surface area contributed by atoms with Gasteiger partial charge in [0.1, 0.15) is 11.3 Å². The molecule has 3 aromatic carbocycles. The molecule has 4 rings (SSSR count). The number of benzene rings is 3. The number of anilines is 1. The van der Waals surface area contributed by atoms with Gasteiger partial charge in [0, 0.05) is 17.0 Å². The lowest BCUT2D eigenvalue weighted by atomic mass is 10.1. The van der Waals surface area contributed by atoms with Crippen LogP contribution < -0.4 is 10.1 Å². The van der Waals surface area contributed by atoms with Gasteiger partial charge in [0.25, 0.3) is 0 Å². The molecule has 0 aliphatic carbocycles. The molecule has 31 heavy (non-hydrogen) atoms. The number of ether oxygens (including phenoxy) is 1. The number of rotatable bonds is 6. The Morgan fingerprint density at radius 2 is 1.74 bits per heavy atom. The van der Waals surface area contributed by atoms with Crippen molar-refractivity contribution < 1.29 is 18.7 Å². The van der Waals surface area contributed by atoms with E-state index >= 15 is 0 Å². The molecule has 0 unspecified atom stereocenters. The van der Waals surface area contributed by atoms with Crippen molar-refractivity contribution in [3.8, 4) is 5.75 Å². The van der Waals surface area contributed by atoms with Gasteiger partial charge in [-0.2, -0.15) is 0 Å². The minimum Gasteiger partial charge on any atom is -0.495 e. The maximum atomic E-state index is 13.2. The molecular weight excluding hydrogens is 414 g/mol. The number of hydrogen-bond acceptors (Lipinski definition) is 4. The fraction of sp³-hybridized carbons (Fsp3) is 0.0400. The van der Waals surface area contributed by atoms with E-state index in [4.69, 9.17) is 20.8 Å². The molecular formula is C25H18ClNO4. The smallest absolute Gasteiger partial charge is 0.248 e. The molecule has 5 nitrogen and oxygen atoms in total. The van der Waals surface area contributed by atoms with Crippen LogP contribution in [-0.2, 0) is 4.79 Å². The van der Waals surface area contributed by atoms with E-state index < -0.39 is 5.78 Å². The molecule has 0 saturated heterocycles. The Hall–Kier alpha value is -3.83. The average Bonchev–Trinajstić information content (AvgIpc) is 3.16. The van der Waals surface area contributed by atoms with Crippen LogP contribution in [0.4, 0.5) is 5.69 Å². The maximum absolute atomic E-state index is 13.2. The number of furan rings is 1. The molecule has 1 amide bonds. The number of halogens is 1. The van der Waals surface area contributed by atoms with E-state index in [0.29, 0.717) is 33.0 Å². The molecule has 0 atom stereocenters. The molecule has 1 N–H and O–H groups in total. The highest BCUT2D eigenvalue weighted by molar-refractivity contribution is 6.32. The highest BCUT2D eigenvalue weighted by Crippen LogP contribution is 2.34. The first-order valence-corrected chi connectivity index (χ1v) is 9.88. The average molecular weight is 432 g/mol. The Kier molecular flexibility index (Phi) is 5.87. The molecule has 0 spiro atoms. The summed E-state index contributed by atoms with van der Waals surface area (Å²) >= 11 is 6.18. The first-order valence-electron chi connectivity index (χ1n) is 9.50. The van der Waals surface area contributed by atoms with Gasteiger partial charge in [-0.1, -0.05) is 54.1 Å². The van der Waals surface area contributed by atoms with E-state index in [1.54, 1.807) is 36.4 Å². The largest absolute Gasteiger partial charge is 0.495 e. The third kappa shape index (κ3) is 4.37. The highest BCUT2D eigenvalue weighted by Gasteiger charge is 2.23. The van der Waals surface area contributed by atoms with Gasteiger partial charge in [-0.3, -0.25) is 9.59 Å². The molecule has 4 aromatic rings. The molecule has 6 heteroatoms. The second kappa shape index (κ2) is 8.90. The maximum Gasteiger partial charge on any atom is 0.248 e. The van der Waals surface area contributed by atoms with Crippen LogP contribution in [0.1, 0.15) is 21.7 Å². The van der Waals surface area contributed by atoms with E-state index in [2.05, 4.69) is 5.32 Å². The molecule has 154 valence electrons. The van der Waals surface area contributed by atoms with E-state index in [9.17, 15) is 9.59 Å². The van der Waals surface area contributed by atoms with Crippen LogP contribution in [0, 0.1) is 0 Å². The normalized spacial score (nSPS) is 11.0. The van der Waals surface area contributed by atoms with Gasteiger partial charge in [-0.15, -0.1) is 0 Å². The Morgan fingerprint density at radius 3 is 2.48 bits per heavy atom. The number of ketones is 1. The van der Waals surface area contributed by atoms with Crippen molar-refractivity contribution in [3.63, 3.8) is 0 Å². The zero-order chi connectivity index (χ0) is 21.8. The zero-order valence-corrected chi connectivity index (χ0v) is 17.3. The fourth-order valence-corrected chi connectivity index (χ4v) is 3.43. The second-order valence-electron chi connectivity index (χ2n) is 6.71. The van der Waals surface area contributed by atoms with Crippen molar-refractivity contribution in [2.45, 2.75) is 0 Å². The van der Waals surface area contributed by atoms with E-state index in [-0.39, 0.29) is 11.7 Å². The van der Waals surface area contributed by atoms with E-state index in [0.717, 1.165) is 5.56 Å². The molecule has 0 saturated carbocycles. The highest BCUT2D eigenvalue weighted by atomic mass is 35.5. The van der Waals surface area contributed by atoms with Crippen LogP contribution >= 0.6 is 11.6 Å². The topological polar surface area (TPSA) is 68.5 Å². The lowest BCUT2D eigenvalue weighted by Gasteiger charge is -2.06. The van der Waals surface area contributed by atoms with Gasteiger partial charge in [0.05, 0.1) is 17.8 Å². The number of methoxy groups -OCH3 is 1. The summed E-state index contributed by atoms with van der Waals surface area (Å²) in [7, 11) is 1.50. The monoisotopic (exact) mass is 431 g/mol. The van der Waals surface area contributed by atoms with E-state index in [1.807, 2.05) is 36.4 Å². The van der Waals surface area contributed by atoms with Crippen LogP contribution in [0.2, 0.25) is 5.02 Å². The summed E-state index contributed by atoms with van der Waals surface area (Å²) in [6.07, 6.45) is 3.11. The Balaban J connectivity index is 1.69. The predicted molar refractivity (Wildman–Crippen MR) is 122 cm³/mol. The standard InChI is InChI=1S/C25H18ClNO4/c1-30-21-13-12-17(15-19(21)26)24(29)25-23(18-9-5-6-10-20(18)31-25)27-22(28)14-11-16-7-3-2-4-8-16/h2-15H,1H3,(H,27,28)/b14-11+. The van der Waals surface area contributed by atoms with Gasteiger partial charge in [-0.25, -0.2) is 0 Å². The Labute approximate surface area is 183 Å². The van der Waals surface area contributed by atoms with Crippen LogP contribution in [0.15, 0.2) is 83.3 Å². The third-order valence-electron chi connectivity index (χ3n) is 4.69. The number of amides is 1. The summed E-state index contributed by atoms with van der Waals surface area (Å²) in [5.41, 5.74) is 2.02. The SMILES string of the molecule is COc1ccc(C(=O)c2oc3ccccc3c2NC(=O)/C=C/c2ccccc2)cc1Cl. The minimum atomic E-state index is -0.400. The van der Waals surface area contributed by atoms with Crippen LogP contribution in [0.25, 0.3) is 17.0 Å². The van der Waals surface area contributed by atoms with Gasteiger partial charge in [0.15, 0.2) is 5.76 Å². The van der Waals surface area contributed by atoms with Crippen molar-refractivity contribution >= 4 is 46.0 Å². The number of carbonyl (C=O) groups excluding carboxylic acids is 2. The van der Waals surface area contributed by atoms with Crippen LogP contribution in [-0.4, -0.2) is 18.8 Å². The quantitative estimate of drug-likeness (QED) is 0.301. The van der Waals surface area contributed by atoms with Crippen LogP contribution in [0.3, 0.4) is 0 Å². The summed E-state index contributed by atoms with van der Waals surface area (Å²) in [5.74, 6) is -0.286. The molecule has 0 aliphatic rings. The van der Waals surface area contributed by atoms with Gasteiger partial charge >= 0.3 is 0 Å². The third-order valence-corrected chi connectivity index (χ3v) is 4.99. The Morgan fingerprint density at radius 1 is 1.00 bits per heavy atom. The lowest BCUT2D eigenvalue weighted by molar-refractivity contribution is -0.111. The molecule has 1 heterocycles. The number of nitrogens with one attached hydrogen (secondary N) is 1. The van der Waals surface area contributed by atoms with Gasteiger partial charge < -0.3 is 14.5 Å². The minimum absolute atomic E-state index is 0.0314. The van der Waals surface area contributed by atoms with Crippen molar-refractivity contribution in [3.05, 3.63) is 101 Å². The summed E-state index contributed by atoms with van der Waals surface area (Å²) in [6.45, 7) is 0. The summed E-state index contributed by atoms with van der Waals surface area (Å²) in [5, 5.41) is 3.73. The summed E-state index contributed by atoms with van der Waals surface area (Å²) in [6, 6.07) is 21.3. The summed E-state index contributed by atoms with van der Waals surface area (Å²) < 4.78 is 11.0. The lowest BCUT2D eigenvalue weighted by Crippen LogP contribution is -2.11. The van der Waals surface area contributed by atoms with Crippen LogP contribution in [0.5, 0.6) is 5.75 Å². The van der Waals surface area contributed by atoms with Crippen molar-refractivity contribution in [2.75, 3.05) is 12.4 Å². The number of fused-ring (bicyclic) bond motifs is 1. The number of hydrogen-bond donors (Lipinski definition) is 1. The molecule has 0 radical (unpaired) electrons. The van der Waals surface area contributed by atoms with Gasteiger partial charge in [-0.05, 0) is 42.0 Å². The van der Waals surface area contributed by atoms with Crippen molar-refractivity contribution in [1.29, 1.82) is 0 Å². The van der Waals surface area contributed by atoms with Crippen molar-refractivity contribution in [1.82, 2.24) is 0 Å². The molecule has 1 aromatic heterocycles. The van der Waals surface area contributed by atoms with E-state index in [1.165, 1.54) is 19.3 Å². The summed E-state index contributed by atoms with van der Waals surface area (Å²) in [4.78, 5) is 25.8. The number of para-hydroxylation sites is 1. The first kappa shape index (κ1) is 20.4. The van der Waals surface area contributed by atoms with Crippen molar-refractivity contribution in [2.24, 2.45) is 0 Å². The first-order chi connectivity index (χ1) is 15.1. The molecule has 0 aliphatic heterocycles.